The number of furan rings is 1. The van der Waals surface area contributed by atoms with Gasteiger partial charge in [-0.2, -0.15) is 5.26 Å². The zero-order valence-corrected chi connectivity index (χ0v) is 15.7. The molecule has 0 bridgehead atoms. The van der Waals surface area contributed by atoms with Crippen LogP contribution in [0.2, 0.25) is 0 Å². The van der Waals surface area contributed by atoms with Gasteiger partial charge in [-0.25, -0.2) is 14.8 Å². The summed E-state index contributed by atoms with van der Waals surface area (Å²) in [5.41, 5.74) is 2.21. The first-order valence-corrected chi connectivity index (χ1v) is 9.37. The summed E-state index contributed by atoms with van der Waals surface area (Å²) in [5.74, 6) is -1.26. The van der Waals surface area contributed by atoms with Crippen molar-refractivity contribution in [2.24, 2.45) is 0 Å². The second-order valence-electron chi connectivity index (χ2n) is 5.94. The Bertz CT molecular complexity index is 1170. The lowest BCUT2D eigenvalue weighted by atomic mass is 10.0. The predicted molar refractivity (Wildman–Crippen MR) is 105 cm³/mol. The third-order valence-corrected chi connectivity index (χ3v) is 4.93. The normalized spacial score (nSPS) is 11.6. The number of thiazole rings is 1. The van der Waals surface area contributed by atoms with Crippen LogP contribution in [0.25, 0.3) is 21.8 Å². The number of nitrogens with zero attached hydrogens (tertiary/aromatic N) is 3. The number of carboxylic acid groups (broad SMARTS) is 1. The van der Waals surface area contributed by atoms with Crippen LogP contribution < -0.4 is 4.74 Å². The van der Waals surface area contributed by atoms with E-state index in [1.807, 2.05) is 0 Å². The van der Waals surface area contributed by atoms with E-state index in [-0.39, 0.29) is 11.4 Å². The summed E-state index contributed by atoms with van der Waals surface area (Å²) in [6.45, 7) is 0. The molecular weight excluding hydrogens is 390 g/mol. The van der Waals surface area contributed by atoms with Crippen molar-refractivity contribution in [3.05, 3.63) is 77.7 Å². The molecule has 0 aliphatic heterocycles. The highest BCUT2D eigenvalue weighted by Crippen LogP contribution is 2.36. The van der Waals surface area contributed by atoms with E-state index in [0.29, 0.717) is 27.4 Å². The van der Waals surface area contributed by atoms with Crippen LogP contribution in [0.3, 0.4) is 0 Å². The summed E-state index contributed by atoms with van der Waals surface area (Å²) >= 11 is 1.37. The van der Waals surface area contributed by atoms with Gasteiger partial charge in [0.15, 0.2) is 0 Å². The zero-order valence-electron chi connectivity index (χ0n) is 14.9. The van der Waals surface area contributed by atoms with E-state index in [9.17, 15) is 15.2 Å². The molecule has 1 N–H and O–H groups in total. The van der Waals surface area contributed by atoms with E-state index in [1.165, 1.54) is 23.9 Å². The minimum atomic E-state index is -1.32. The van der Waals surface area contributed by atoms with E-state index < -0.39 is 12.1 Å². The van der Waals surface area contributed by atoms with Crippen LogP contribution in [0.1, 0.15) is 17.2 Å². The molecule has 1 atom stereocenters. The van der Waals surface area contributed by atoms with Crippen molar-refractivity contribution in [2.45, 2.75) is 6.10 Å². The lowest BCUT2D eigenvalue weighted by Gasteiger charge is -2.17. The van der Waals surface area contributed by atoms with Gasteiger partial charge in [-0.15, -0.1) is 11.3 Å². The number of benzene rings is 1. The first-order valence-electron chi connectivity index (χ1n) is 8.49. The standard InChI is InChI=1S/C21H13N3O4S/c22-11-16-15(14-6-8-27-12-14)10-17(20-23-7-9-29-20)24-19(16)28-18(21(25)26)13-4-2-1-3-5-13/h1-10,12,18H,(H,25,26). The Morgan fingerprint density at radius 1 is 1.28 bits per heavy atom. The SMILES string of the molecule is N#Cc1c(-c2ccoc2)cc(-c2nccs2)nc1OC(C(=O)O)c1ccccc1. The lowest BCUT2D eigenvalue weighted by molar-refractivity contribution is -0.145. The Kier molecular flexibility index (Phi) is 5.05. The molecule has 0 amide bonds. The molecule has 0 saturated heterocycles. The number of carbonyl (C=O) groups is 1. The van der Waals surface area contributed by atoms with Crippen LogP contribution >= 0.6 is 11.3 Å². The summed E-state index contributed by atoms with van der Waals surface area (Å²) in [6.07, 6.45) is 3.31. The Morgan fingerprint density at radius 2 is 2.10 bits per heavy atom. The molecule has 3 aromatic heterocycles. The van der Waals surface area contributed by atoms with E-state index in [0.717, 1.165) is 0 Å². The Hall–Kier alpha value is -3.96. The molecule has 1 unspecified atom stereocenters. The molecule has 0 saturated carbocycles. The smallest absolute Gasteiger partial charge is 0.349 e. The van der Waals surface area contributed by atoms with E-state index in [1.54, 1.807) is 54.0 Å². The van der Waals surface area contributed by atoms with Crippen molar-refractivity contribution in [1.82, 2.24) is 9.97 Å². The molecule has 7 nitrogen and oxygen atoms in total. The number of pyridine rings is 1. The molecule has 0 fully saturated rings. The second kappa shape index (κ2) is 7.96. The summed E-state index contributed by atoms with van der Waals surface area (Å²) in [6, 6.07) is 14.0. The van der Waals surface area contributed by atoms with Crippen molar-refractivity contribution in [3.8, 4) is 33.8 Å². The van der Waals surface area contributed by atoms with Crippen LogP contribution in [-0.2, 0) is 4.79 Å². The van der Waals surface area contributed by atoms with Gasteiger partial charge in [-0.1, -0.05) is 30.3 Å². The minimum Gasteiger partial charge on any atom is -0.478 e. The second-order valence-corrected chi connectivity index (χ2v) is 6.84. The quantitative estimate of drug-likeness (QED) is 0.503. The number of aromatic nitrogens is 2. The van der Waals surface area contributed by atoms with Gasteiger partial charge in [0.2, 0.25) is 12.0 Å². The maximum absolute atomic E-state index is 11.9. The molecule has 142 valence electrons. The average Bonchev–Trinajstić information content (AvgIpc) is 3.46. The first kappa shape index (κ1) is 18.4. The summed E-state index contributed by atoms with van der Waals surface area (Å²) in [7, 11) is 0. The van der Waals surface area contributed by atoms with Crippen molar-refractivity contribution in [2.75, 3.05) is 0 Å². The van der Waals surface area contributed by atoms with Gasteiger partial charge in [0.1, 0.15) is 22.3 Å². The number of nitriles is 1. The fourth-order valence-electron chi connectivity index (χ4n) is 2.82. The number of ether oxygens (including phenoxy) is 1. The lowest BCUT2D eigenvalue weighted by Crippen LogP contribution is -2.19. The van der Waals surface area contributed by atoms with Crippen molar-refractivity contribution >= 4 is 17.3 Å². The first-order chi connectivity index (χ1) is 14.2. The third-order valence-electron chi connectivity index (χ3n) is 4.14. The molecule has 8 heteroatoms. The van der Waals surface area contributed by atoms with Crippen molar-refractivity contribution < 1.29 is 19.1 Å². The van der Waals surface area contributed by atoms with Gasteiger partial charge in [-0.3, -0.25) is 0 Å². The summed E-state index contributed by atoms with van der Waals surface area (Å²) < 4.78 is 10.9. The number of hydrogen-bond donors (Lipinski definition) is 1. The van der Waals surface area contributed by atoms with Gasteiger partial charge in [0.05, 0.1) is 12.5 Å². The third kappa shape index (κ3) is 3.72. The van der Waals surface area contributed by atoms with Gasteiger partial charge >= 0.3 is 5.97 Å². The molecule has 4 rings (SSSR count). The Balaban J connectivity index is 1.87. The fourth-order valence-corrected chi connectivity index (χ4v) is 3.42. The zero-order chi connectivity index (χ0) is 20.2. The Morgan fingerprint density at radius 3 is 2.72 bits per heavy atom. The molecule has 0 radical (unpaired) electrons. The number of hydrogen-bond acceptors (Lipinski definition) is 7. The van der Waals surface area contributed by atoms with Crippen LogP contribution in [0, 0.1) is 11.3 Å². The molecule has 0 aliphatic carbocycles. The highest BCUT2D eigenvalue weighted by Gasteiger charge is 2.26. The highest BCUT2D eigenvalue weighted by molar-refractivity contribution is 7.13. The van der Waals surface area contributed by atoms with Crippen LogP contribution in [0.4, 0.5) is 0 Å². The monoisotopic (exact) mass is 403 g/mol. The number of carboxylic acids is 1. The van der Waals surface area contributed by atoms with E-state index in [2.05, 4.69) is 16.0 Å². The van der Waals surface area contributed by atoms with Gasteiger partial charge in [-0.05, 0) is 12.1 Å². The topological polar surface area (TPSA) is 109 Å². The Labute approximate surface area is 169 Å². The van der Waals surface area contributed by atoms with E-state index in [4.69, 9.17) is 9.15 Å². The predicted octanol–water partition coefficient (Wildman–Crippen LogP) is 4.54. The largest absolute Gasteiger partial charge is 0.478 e. The molecular formula is C21H13N3O4S. The van der Waals surface area contributed by atoms with Gasteiger partial charge in [0, 0.05) is 28.3 Å². The molecule has 0 spiro atoms. The molecule has 0 aliphatic rings. The summed E-state index contributed by atoms with van der Waals surface area (Å²) in [5, 5.41) is 21.9. The molecule has 1 aromatic carbocycles. The maximum atomic E-state index is 11.9. The fraction of sp³-hybridized carbons (Fsp3) is 0.0476. The molecule has 3 heterocycles. The van der Waals surface area contributed by atoms with Crippen LogP contribution in [0.15, 0.2) is 71.0 Å². The molecule has 29 heavy (non-hydrogen) atoms. The minimum absolute atomic E-state index is 0.0762. The summed E-state index contributed by atoms with van der Waals surface area (Å²) in [4.78, 5) is 20.5. The van der Waals surface area contributed by atoms with Crippen molar-refractivity contribution in [3.63, 3.8) is 0 Å². The van der Waals surface area contributed by atoms with Crippen LogP contribution in [-0.4, -0.2) is 21.0 Å². The van der Waals surface area contributed by atoms with E-state index >= 15 is 0 Å². The average molecular weight is 403 g/mol. The number of aliphatic carboxylic acids is 1. The van der Waals surface area contributed by atoms with Crippen LogP contribution in [0.5, 0.6) is 5.88 Å². The highest BCUT2D eigenvalue weighted by atomic mass is 32.1. The maximum Gasteiger partial charge on any atom is 0.349 e. The van der Waals surface area contributed by atoms with Gasteiger partial charge < -0.3 is 14.3 Å². The molecule has 4 aromatic rings. The van der Waals surface area contributed by atoms with Crippen molar-refractivity contribution in [1.29, 1.82) is 5.26 Å². The van der Waals surface area contributed by atoms with Gasteiger partial charge in [0.25, 0.3) is 0 Å². The number of rotatable bonds is 6.